The SMILES string of the molecule is C=CCCC(CC)S(=O)(=O)NC(=O)c1ccc2c(c1)N(C[C@@H]1CC[C@H]1C(N)C=C)C[C@@]1(CCCc3cc(Cl)ccc31)CO2. The summed E-state index contributed by atoms with van der Waals surface area (Å²) in [7, 11) is -3.85. The highest BCUT2D eigenvalue weighted by atomic mass is 35.5. The minimum Gasteiger partial charge on any atom is -0.490 e. The Morgan fingerprint density at radius 3 is 2.77 bits per heavy atom. The molecule has 0 saturated heterocycles. The highest BCUT2D eigenvalue weighted by molar-refractivity contribution is 7.90. The van der Waals surface area contributed by atoms with Crippen LogP contribution in [-0.2, 0) is 21.9 Å². The molecule has 0 aromatic heterocycles. The van der Waals surface area contributed by atoms with Gasteiger partial charge < -0.3 is 15.4 Å². The molecule has 5 atom stereocenters. The highest BCUT2D eigenvalue weighted by Gasteiger charge is 2.44. The smallest absolute Gasteiger partial charge is 0.264 e. The average molecular weight is 626 g/mol. The van der Waals surface area contributed by atoms with Gasteiger partial charge in [0.1, 0.15) is 5.75 Å². The molecule has 2 aromatic rings. The van der Waals surface area contributed by atoms with Crippen molar-refractivity contribution < 1.29 is 17.9 Å². The molecule has 0 radical (unpaired) electrons. The van der Waals surface area contributed by atoms with Crippen LogP contribution in [0.2, 0.25) is 5.02 Å². The van der Waals surface area contributed by atoms with E-state index < -0.39 is 21.2 Å². The fourth-order valence-electron chi connectivity index (χ4n) is 7.20. The summed E-state index contributed by atoms with van der Waals surface area (Å²) in [6.45, 7) is 11.4. The molecule has 1 aliphatic heterocycles. The van der Waals surface area contributed by atoms with Crippen molar-refractivity contribution in [1.82, 2.24) is 4.72 Å². The summed E-state index contributed by atoms with van der Waals surface area (Å²) < 4.78 is 35.1. The van der Waals surface area contributed by atoms with Crippen LogP contribution >= 0.6 is 11.6 Å². The lowest BCUT2D eigenvalue weighted by Crippen LogP contribution is -2.50. The van der Waals surface area contributed by atoms with E-state index in [1.807, 2.05) is 19.1 Å². The van der Waals surface area contributed by atoms with Gasteiger partial charge in [-0.1, -0.05) is 36.7 Å². The van der Waals surface area contributed by atoms with E-state index in [1.165, 1.54) is 11.1 Å². The third-order valence-corrected chi connectivity index (χ3v) is 12.0. The minimum absolute atomic E-state index is 0.0668. The van der Waals surface area contributed by atoms with Crippen LogP contribution in [0, 0.1) is 11.8 Å². The molecule has 3 N–H and O–H groups in total. The van der Waals surface area contributed by atoms with Crippen molar-refractivity contribution in [2.75, 3.05) is 24.6 Å². The quantitative estimate of drug-likeness (QED) is 0.290. The van der Waals surface area contributed by atoms with Crippen LogP contribution in [0.1, 0.15) is 73.4 Å². The first-order chi connectivity index (χ1) is 20.6. The zero-order valence-electron chi connectivity index (χ0n) is 25.1. The minimum atomic E-state index is -3.85. The Kier molecular flexibility index (Phi) is 9.59. The number of benzene rings is 2. The van der Waals surface area contributed by atoms with E-state index in [0.29, 0.717) is 50.0 Å². The topological polar surface area (TPSA) is 102 Å². The molecule has 1 heterocycles. The lowest BCUT2D eigenvalue weighted by molar-refractivity contribution is 0.0981. The van der Waals surface area contributed by atoms with E-state index in [1.54, 1.807) is 24.3 Å². The normalized spacial score (nSPS) is 24.4. The molecular formula is C34H44ClN3O4S. The number of aryl methyl sites for hydroxylation is 1. The summed E-state index contributed by atoms with van der Waals surface area (Å²) in [6.07, 6.45) is 10.0. The monoisotopic (exact) mass is 625 g/mol. The number of carbonyl (C=O) groups excluding carboxylic acids is 1. The Morgan fingerprint density at radius 1 is 1.26 bits per heavy atom. The number of fused-ring (bicyclic) bond motifs is 3. The number of halogens is 1. The van der Waals surface area contributed by atoms with Crippen LogP contribution in [0.15, 0.2) is 61.7 Å². The lowest BCUT2D eigenvalue weighted by Gasteiger charge is -2.45. The lowest BCUT2D eigenvalue weighted by atomic mass is 9.68. The van der Waals surface area contributed by atoms with Crippen molar-refractivity contribution >= 4 is 33.2 Å². The average Bonchev–Trinajstić information content (AvgIpc) is 3.12. The van der Waals surface area contributed by atoms with Crippen LogP contribution in [0.4, 0.5) is 5.69 Å². The van der Waals surface area contributed by atoms with Crippen molar-refractivity contribution in [1.29, 1.82) is 0 Å². The summed E-state index contributed by atoms with van der Waals surface area (Å²) in [6, 6.07) is 11.4. The van der Waals surface area contributed by atoms with E-state index in [0.717, 1.165) is 49.4 Å². The molecule has 7 nitrogen and oxygen atoms in total. The second kappa shape index (κ2) is 13.0. The van der Waals surface area contributed by atoms with Gasteiger partial charge in [-0.15, -0.1) is 13.2 Å². The number of nitrogens with two attached hydrogens (primary N) is 1. The van der Waals surface area contributed by atoms with Gasteiger partial charge in [-0.05, 0) is 105 Å². The maximum absolute atomic E-state index is 13.4. The standard InChI is InChI=1S/C34H44ClN3O4S/c1-4-7-10-27(5-2)43(40,41)37-33(39)24-12-16-32-31(19-24)38(20-25-11-14-28(25)30(36)6-3)21-34(22-42-32)17-8-9-23-18-26(35)13-15-29(23)34/h4,6,12-13,15-16,18-19,25,27-28,30H,1,3,5,7-11,14,17,20-22,36H2,2H3,(H,37,39)/t25-,27?,28+,30?,34-/m0/s1. The number of ether oxygens (including phenoxy) is 1. The number of hydrogen-bond donors (Lipinski definition) is 2. The Morgan fingerprint density at radius 2 is 2.07 bits per heavy atom. The Labute approximate surface area is 261 Å². The van der Waals surface area contributed by atoms with Crippen LogP contribution in [0.3, 0.4) is 0 Å². The van der Waals surface area contributed by atoms with Gasteiger partial charge in [0.25, 0.3) is 5.91 Å². The van der Waals surface area contributed by atoms with Crippen molar-refractivity contribution in [2.45, 2.75) is 75.0 Å². The van der Waals surface area contributed by atoms with Crippen molar-refractivity contribution in [2.24, 2.45) is 17.6 Å². The molecule has 5 rings (SSSR count). The number of hydrogen-bond acceptors (Lipinski definition) is 6. The summed E-state index contributed by atoms with van der Waals surface area (Å²) in [5, 5.41) is 0.0704. The van der Waals surface area contributed by atoms with Gasteiger partial charge in [-0.3, -0.25) is 4.79 Å². The van der Waals surface area contributed by atoms with Gasteiger partial charge in [0.15, 0.2) is 0 Å². The Hall–Kier alpha value is -2.81. The first kappa shape index (κ1) is 31.6. The maximum Gasteiger partial charge on any atom is 0.264 e. The van der Waals surface area contributed by atoms with E-state index >= 15 is 0 Å². The van der Waals surface area contributed by atoms with Crippen LogP contribution in [0.25, 0.3) is 0 Å². The van der Waals surface area contributed by atoms with Crippen LogP contribution in [0.5, 0.6) is 5.75 Å². The fraction of sp³-hybridized carbons (Fsp3) is 0.500. The van der Waals surface area contributed by atoms with Gasteiger partial charge in [-0.2, -0.15) is 0 Å². The number of anilines is 1. The molecule has 1 fully saturated rings. The maximum atomic E-state index is 13.4. The first-order valence-corrected chi connectivity index (χ1v) is 17.4. The number of carbonyl (C=O) groups is 1. The van der Waals surface area contributed by atoms with Crippen molar-refractivity contribution in [3.63, 3.8) is 0 Å². The number of nitrogens with one attached hydrogen (secondary N) is 1. The molecule has 3 aliphatic rings. The van der Waals surface area contributed by atoms with Crippen molar-refractivity contribution in [3.05, 3.63) is 83.4 Å². The number of nitrogens with zero attached hydrogens (tertiary/aromatic N) is 1. The van der Waals surface area contributed by atoms with E-state index in [2.05, 4.69) is 34.9 Å². The predicted molar refractivity (Wildman–Crippen MR) is 175 cm³/mol. The fourth-order valence-corrected chi connectivity index (χ4v) is 8.82. The number of amides is 1. The predicted octanol–water partition coefficient (Wildman–Crippen LogP) is 6.16. The molecule has 43 heavy (non-hydrogen) atoms. The van der Waals surface area contributed by atoms with E-state index in [-0.39, 0.29) is 17.0 Å². The zero-order chi connectivity index (χ0) is 30.8. The first-order valence-electron chi connectivity index (χ1n) is 15.5. The summed E-state index contributed by atoms with van der Waals surface area (Å²) in [5.41, 5.74) is 9.78. The van der Waals surface area contributed by atoms with Gasteiger partial charge in [-0.25, -0.2) is 13.1 Å². The second-order valence-corrected chi connectivity index (χ2v) is 14.9. The number of allylic oxidation sites excluding steroid dienone is 1. The van der Waals surface area contributed by atoms with Gasteiger partial charge >= 0.3 is 0 Å². The Bertz CT molecular complexity index is 1480. The highest BCUT2D eigenvalue weighted by Crippen LogP contribution is 2.46. The summed E-state index contributed by atoms with van der Waals surface area (Å²) in [5.74, 6) is 0.777. The molecule has 232 valence electrons. The molecule has 1 spiro atoms. The molecule has 1 amide bonds. The number of rotatable bonds is 11. The number of sulfonamides is 1. The van der Waals surface area contributed by atoms with E-state index in [4.69, 9.17) is 22.1 Å². The van der Waals surface area contributed by atoms with E-state index in [9.17, 15) is 13.2 Å². The third-order valence-electron chi connectivity index (χ3n) is 9.82. The summed E-state index contributed by atoms with van der Waals surface area (Å²) in [4.78, 5) is 15.7. The summed E-state index contributed by atoms with van der Waals surface area (Å²) >= 11 is 6.39. The van der Waals surface area contributed by atoms with Gasteiger partial charge in [0.05, 0.1) is 17.5 Å². The van der Waals surface area contributed by atoms with Crippen LogP contribution < -0.4 is 20.1 Å². The molecule has 0 bridgehead atoms. The molecule has 2 unspecified atom stereocenters. The van der Waals surface area contributed by atoms with Gasteiger partial charge in [0, 0.05) is 35.1 Å². The zero-order valence-corrected chi connectivity index (χ0v) is 26.6. The molecule has 9 heteroatoms. The van der Waals surface area contributed by atoms with Crippen molar-refractivity contribution in [3.8, 4) is 5.75 Å². The third kappa shape index (κ3) is 6.52. The molecule has 2 aromatic carbocycles. The largest absolute Gasteiger partial charge is 0.490 e. The molecular weight excluding hydrogens is 582 g/mol. The Balaban J connectivity index is 1.48. The molecule has 1 saturated carbocycles. The van der Waals surface area contributed by atoms with Gasteiger partial charge in [0.2, 0.25) is 10.0 Å². The van der Waals surface area contributed by atoms with Crippen LogP contribution in [-0.4, -0.2) is 45.3 Å². The molecule has 2 aliphatic carbocycles. The second-order valence-electron chi connectivity index (χ2n) is 12.5.